The van der Waals surface area contributed by atoms with Gasteiger partial charge in [-0.15, -0.1) is 0 Å². The van der Waals surface area contributed by atoms with Gasteiger partial charge in [-0.2, -0.15) is 0 Å². The molecule has 0 N–H and O–H groups in total. The summed E-state index contributed by atoms with van der Waals surface area (Å²) in [5.41, 5.74) is 0. The van der Waals surface area contributed by atoms with E-state index in [4.69, 9.17) is 0 Å². The number of Topliss-reactive ketones (excluding diaryl/α,β-unsaturated/α-hetero) is 1. The minimum absolute atomic E-state index is 0.338. The third-order valence-corrected chi connectivity index (χ3v) is 2.47. The first kappa shape index (κ1) is 5.80. The van der Waals surface area contributed by atoms with E-state index in [0.29, 0.717) is 23.5 Å². The van der Waals surface area contributed by atoms with E-state index in [-0.39, 0.29) is 0 Å². The van der Waals surface area contributed by atoms with Crippen LogP contribution in [0.15, 0.2) is 0 Å². The zero-order valence-electron chi connectivity index (χ0n) is 5.64. The number of carbonyl (C=O) groups excluding carboxylic acids is 1. The molecule has 1 aliphatic carbocycles. The molecule has 0 bridgehead atoms. The fraction of sp³-hybridized carbons (Fsp3) is 0.857. The number of ketones is 1. The maximum atomic E-state index is 10.8. The summed E-state index contributed by atoms with van der Waals surface area (Å²) in [6, 6.07) is 0. The molecule has 0 spiro atoms. The first-order chi connectivity index (χ1) is 3.64. The molecule has 0 aliphatic heterocycles. The first-order valence-electron chi connectivity index (χ1n) is 3.18. The second-order valence-corrected chi connectivity index (χ2v) is 2.84. The van der Waals surface area contributed by atoms with Crippen LogP contribution in [0.5, 0.6) is 0 Å². The number of hydrogen-bond acceptors (Lipinski definition) is 1. The van der Waals surface area contributed by atoms with Crippen molar-refractivity contribution in [2.24, 2.45) is 17.8 Å². The molecule has 0 amide bonds. The van der Waals surface area contributed by atoms with E-state index in [2.05, 4.69) is 6.92 Å². The molecular formula is C7H12O. The highest BCUT2D eigenvalue weighted by Gasteiger charge is 2.39. The van der Waals surface area contributed by atoms with Crippen molar-refractivity contribution >= 4 is 5.78 Å². The van der Waals surface area contributed by atoms with E-state index in [9.17, 15) is 4.79 Å². The largest absolute Gasteiger partial charge is 0.299 e. The van der Waals surface area contributed by atoms with E-state index in [1.165, 1.54) is 0 Å². The van der Waals surface area contributed by atoms with E-state index in [1.54, 1.807) is 0 Å². The smallest absolute Gasteiger partial charge is 0.139 e. The van der Waals surface area contributed by atoms with Crippen LogP contribution in [0.25, 0.3) is 0 Å². The molecule has 46 valence electrons. The molecule has 0 radical (unpaired) electrons. The van der Waals surface area contributed by atoms with Gasteiger partial charge in [0.25, 0.3) is 0 Å². The molecule has 0 saturated heterocycles. The van der Waals surface area contributed by atoms with E-state index in [0.717, 1.165) is 0 Å². The summed E-state index contributed by atoms with van der Waals surface area (Å²) in [6.07, 6.45) is 0. The second-order valence-electron chi connectivity index (χ2n) is 2.84. The van der Waals surface area contributed by atoms with Crippen molar-refractivity contribution in [3.05, 3.63) is 0 Å². The van der Waals surface area contributed by atoms with Crippen LogP contribution in [0.4, 0.5) is 0 Å². The van der Waals surface area contributed by atoms with Crippen LogP contribution in [-0.2, 0) is 4.79 Å². The lowest BCUT2D eigenvalue weighted by Crippen LogP contribution is -2.42. The standard InChI is InChI=1S/C7H12O/c1-4-5(2)7(8)6(4)3/h4-6H,1-3H3/t4?,5-,6+. The van der Waals surface area contributed by atoms with Gasteiger partial charge in [-0.1, -0.05) is 20.8 Å². The molecule has 1 heteroatoms. The monoisotopic (exact) mass is 112 g/mol. The lowest BCUT2D eigenvalue weighted by atomic mass is 9.66. The Morgan fingerprint density at radius 1 is 1.12 bits per heavy atom. The van der Waals surface area contributed by atoms with Gasteiger partial charge >= 0.3 is 0 Å². The molecule has 1 saturated carbocycles. The fourth-order valence-corrected chi connectivity index (χ4v) is 1.25. The first-order valence-corrected chi connectivity index (χ1v) is 3.18. The van der Waals surface area contributed by atoms with Crippen molar-refractivity contribution < 1.29 is 4.79 Å². The third-order valence-electron chi connectivity index (χ3n) is 2.47. The molecule has 1 aliphatic rings. The van der Waals surface area contributed by atoms with Crippen molar-refractivity contribution in [1.82, 2.24) is 0 Å². The van der Waals surface area contributed by atoms with Crippen molar-refractivity contribution in [3.63, 3.8) is 0 Å². The average Bonchev–Trinajstić information content (AvgIpc) is 1.83. The predicted octanol–water partition coefficient (Wildman–Crippen LogP) is 1.48. The van der Waals surface area contributed by atoms with E-state index >= 15 is 0 Å². The highest BCUT2D eigenvalue weighted by Crippen LogP contribution is 2.35. The van der Waals surface area contributed by atoms with Gasteiger partial charge in [-0.05, 0) is 5.92 Å². The van der Waals surface area contributed by atoms with Crippen LogP contribution >= 0.6 is 0 Å². The predicted molar refractivity (Wildman–Crippen MR) is 32.5 cm³/mol. The lowest BCUT2D eigenvalue weighted by molar-refractivity contribution is -0.139. The molecule has 0 heterocycles. The maximum Gasteiger partial charge on any atom is 0.139 e. The van der Waals surface area contributed by atoms with Crippen LogP contribution in [-0.4, -0.2) is 5.78 Å². The third kappa shape index (κ3) is 0.504. The minimum Gasteiger partial charge on any atom is -0.299 e. The summed E-state index contributed by atoms with van der Waals surface area (Å²) in [6.45, 7) is 6.15. The normalized spacial score (nSPS) is 46.4. The van der Waals surface area contributed by atoms with Gasteiger partial charge in [0.2, 0.25) is 0 Å². The molecule has 1 fully saturated rings. The minimum atomic E-state index is 0.338. The number of carbonyl (C=O) groups is 1. The van der Waals surface area contributed by atoms with Gasteiger partial charge in [0.15, 0.2) is 0 Å². The topological polar surface area (TPSA) is 17.1 Å². The van der Waals surface area contributed by atoms with Gasteiger partial charge < -0.3 is 0 Å². The summed E-state index contributed by atoms with van der Waals surface area (Å²) in [5.74, 6) is 1.75. The summed E-state index contributed by atoms with van der Waals surface area (Å²) in [7, 11) is 0. The Kier molecular flexibility index (Phi) is 1.14. The molecule has 1 unspecified atom stereocenters. The van der Waals surface area contributed by atoms with Gasteiger partial charge in [-0.25, -0.2) is 0 Å². The van der Waals surface area contributed by atoms with Crippen LogP contribution in [0.3, 0.4) is 0 Å². The highest BCUT2D eigenvalue weighted by molar-refractivity contribution is 5.89. The Morgan fingerprint density at radius 2 is 1.50 bits per heavy atom. The quantitative estimate of drug-likeness (QED) is 0.464. The Balaban J connectivity index is 2.55. The van der Waals surface area contributed by atoms with Crippen LogP contribution < -0.4 is 0 Å². The van der Waals surface area contributed by atoms with Crippen molar-refractivity contribution in [2.45, 2.75) is 20.8 Å². The Bertz CT molecular complexity index is 106. The average molecular weight is 112 g/mol. The van der Waals surface area contributed by atoms with Gasteiger partial charge in [0, 0.05) is 11.8 Å². The summed E-state index contributed by atoms with van der Waals surface area (Å²) in [5, 5.41) is 0. The number of hydrogen-bond donors (Lipinski definition) is 0. The SMILES string of the molecule is CC1[C@H](C)C(=O)[C@@H]1C. The van der Waals surface area contributed by atoms with Crippen LogP contribution in [0.2, 0.25) is 0 Å². The van der Waals surface area contributed by atoms with Crippen LogP contribution in [0, 0.1) is 17.8 Å². The zero-order valence-corrected chi connectivity index (χ0v) is 5.64. The summed E-state index contributed by atoms with van der Waals surface area (Å²) < 4.78 is 0. The molecule has 0 aromatic heterocycles. The van der Waals surface area contributed by atoms with Gasteiger partial charge in [-0.3, -0.25) is 4.79 Å². The molecule has 1 rings (SSSR count). The lowest BCUT2D eigenvalue weighted by Gasteiger charge is -2.36. The van der Waals surface area contributed by atoms with Crippen molar-refractivity contribution in [3.8, 4) is 0 Å². The highest BCUT2D eigenvalue weighted by atomic mass is 16.1. The molecule has 1 nitrogen and oxygen atoms in total. The van der Waals surface area contributed by atoms with E-state index in [1.807, 2.05) is 13.8 Å². The van der Waals surface area contributed by atoms with Crippen molar-refractivity contribution in [2.75, 3.05) is 0 Å². The molecule has 0 aromatic carbocycles. The number of rotatable bonds is 0. The molecule has 8 heavy (non-hydrogen) atoms. The Labute approximate surface area is 50.1 Å². The Hall–Kier alpha value is -0.330. The molecule has 0 aromatic rings. The van der Waals surface area contributed by atoms with E-state index < -0.39 is 0 Å². The van der Waals surface area contributed by atoms with Crippen molar-refractivity contribution in [1.29, 1.82) is 0 Å². The fourth-order valence-electron chi connectivity index (χ4n) is 1.25. The summed E-state index contributed by atoms with van der Waals surface area (Å²) >= 11 is 0. The van der Waals surface area contributed by atoms with Gasteiger partial charge in [0.1, 0.15) is 5.78 Å². The van der Waals surface area contributed by atoms with Crippen LogP contribution in [0.1, 0.15) is 20.8 Å². The maximum absolute atomic E-state index is 10.8. The Morgan fingerprint density at radius 3 is 1.62 bits per heavy atom. The zero-order chi connectivity index (χ0) is 6.31. The molecular weight excluding hydrogens is 100 g/mol. The second kappa shape index (κ2) is 1.57. The molecule has 3 atom stereocenters. The summed E-state index contributed by atoms with van der Waals surface area (Å²) in [4.78, 5) is 10.8. The van der Waals surface area contributed by atoms with Gasteiger partial charge in [0.05, 0.1) is 0 Å².